The van der Waals surface area contributed by atoms with Crippen molar-refractivity contribution in [3.8, 4) is 0 Å². The Morgan fingerprint density at radius 2 is 1.73 bits per heavy atom. The Morgan fingerprint density at radius 1 is 1.07 bits per heavy atom. The van der Waals surface area contributed by atoms with Gasteiger partial charge < -0.3 is 9.88 Å². The minimum absolute atomic E-state index is 0.0802. The van der Waals surface area contributed by atoms with E-state index in [1.165, 1.54) is 64.2 Å². The fraction of sp³-hybridized carbons (Fsp3) is 0.875. The minimum Gasteiger partial charge on any atom is -0.348 e. The smallest absolute Gasteiger partial charge is 0.226 e. The third kappa shape index (κ3) is 4.05. The van der Waals surface area contributed by atoms with Crippen LogP contribution in [0.4, 0.5) is 0 Å². The third-order valence-corrected chi connectivity index (χ3v) is 9.36. The lowest BCUT2D eigenvalue weighted by Crippen LogP contribution is -2.53. The van der Waals surface area contributed by atoms with Crippen LogP contribution in [0.1, 0.15) is 102 Å². The number of unbranched alkanes of at least 4 members (excludes halogenated alkanes) is 1. The predicted molar refractivity (Wildman–Crippen MR) is 120 cm³/mol. The number of hydrogen-bond donors (Lipinski definition) is 1. The first-order chi connectivity index (χ1) is 14.7. The number of carbonyl (C=O) groups is 1. The molecule has 6 rings (SSSR count). The quantitative estimate of drug-likeness (QED) is 0.436. The molecule has 0 unspecified atom stereocenters. The molecule has 0 aromatic carbocycles. The van der Waals surface area contributed by atoms with Gasteiger partial charge in [0.1, 0.15) is 0 Å². The van der Waals surface area contributed by atoms with Crippen LogP contribution in [0.15, 0.2) is 5.16 Å². The van der Waals surface area contributed by atoms with E-state index in [1.807, 2.05) is 11.8 Å². The molecule has 1 N–H and O–H groups in total. The summed E-state index contributed by atoms with van der Waals surface area (Å²) in [5.74, 6) is 4.78. The van der Waals surface area contributed by atoms with E-state index in [9.17, 15) is 4.79 Å². The SMILES string of the molecule is CCCCSc1nnc(CNC(=O)C23CC4CC(CC(C4)C2)C3)n1C1CCCCC1. The van der Waals surface area contributed by atoms with E-state index < -0.39 is 0 Å². The zero-order chi connectivity index (χ0) is 20.6. The second kappa shape index (κ2) is 8.84. The Balaban J connectivity index is 1.29. The second-order valence-corrected chi connectivity index (χ2v) is 11.7. The number of rotatable bonds is 8. The maximum atomic E-state index is 13.4. The van der Waals surface area contributed by atoms with Crippen molar-refractivity contribution in [3.63, 3.8) is 0 Å². The molecular weight excluding hydrogens is 392 g/mol. The first-order valence-corrected chi connectivity index (χ1v) is 13.5. The minimum atomic E-state index is -0.0802. The van der Waals surface area contributed by atoms with E-state index in [-0.39, 0.29) is 5.41 Å². The molecule has 6 heteroatoms. The van der Waals surface area contributed by atoms with Crippen LogP contribution in [0.2, 0.25) is 0 Å². The van der Waals surface area contributed by atoms with Crippen molar-refractivity contribution in [2.24, 2.45) is 23.2 Å². The Bertz CT molecular complexity index is 719. The van der Waals surface area contributed by atoms with Crippen molar-refractivity contribution >= 4 is 17.7 Å². The number of nitrogens with one attached hydrogen (secondary N) is 1. The molecule has 0 atom stereocenters. The zero-order valence-electron chi connectivity index (χ0n) is 18.6. The van der Waals surface area contributed by atoms with Crippen LogP contribution < -0.4 is 5.32 Å². The van der Waals surface area contributed by atoms with Crippen LogP contribution in [0.3, 0.4) is 0 Å². The third-order valence-electron chi connectivity index (χ3n) is 8.33. The van der Waals surface area contributed by atoms with Gasteiger partial charge in [-0.2, -0.15) is 0 Å². The van der Waals surface area contributed by atoms with E-state index >= 15 is 0 Å². The number of aromatic nitrogens is 3. The number of amides is 1. The molecule has 0 aliphatic heterocycles. The van der Waals surface area contributed by atoms with E-state index in [0.717, 1.165) is 53.7 Å². The summed E-state index contributed by atoms with van der Waals surface area (Å²) in [5.41, 5.74) is -0.0802. The van der Waals surface area contributed by atoms with Crippen molar-refractivity contribution in [2.75, 3.05) is 5.75 Å². The maximum absolute atomic E-state index is 13.4. The van der Waals surface area contributed by atoms with Crippen LogP contribution in [0, 0.1) is 23.2 Å². The molecule has 4 bridgehead atoms. The first-order valence-electron chi connectivity index (χ1n) is 12.5. The molecule has 5 aliphatic rings. The van der Waals surface area contributed by atoms with Gasteiger partial charge in [0.05, 0.1) is 6.54 Å². The van der Waals surface area contributed by atoms with Gasteiger partial charge in [0.2, 0.25) is 5.91 Å². The van der Waals surface area contributed by atoms with Crippen LogP contribution in [0.5, 0.6) is 0 Å². The summed E-state index contributed by atoms with van der Waals surface area (Å²) in [6, 6.07) is 0.504. The van der Waals surface area contributed by atoms with E-state index in [4.69, 9.17) is 0 Å². The van der Waals surface area contributed by atoms with E-state index in [0.29, 0.717) is 18.5 Å². The zero-order valence-corrected chi connectivity index (χ0v) is 19.4. The molecule has 0 saturated heterocycles. The summed E-state index contributed by atoms with van der Waals surface area (Å²) in [6.07, 6.45) is 16.3. The fourth-order valence-electron chi connectivity index (χ4n) is 7.28. The molecule has 5 fully saturated rings. The highest BCUT2D eigenvalue weighted by Gasteiger charge is 2.54. The van der Waals surface area contributed by atoms with Crippen molar-refractivity contribution in [2.45, 2.75) is 108 Å². The molecular formula is C24H38N4OS. The summed E-state index contributed by atoms with van der Waals surface area (Å²) >= 11 is 1.84. The van der Waals surface area contributed by atoms with Crippen molar-refractivity contribution in [1.29, 1.82) is 0 Å². The van der Waals surface area contributed by atoms with Gasteiger partial charge in [-0.15, -0.1) is 10.2 Å². The number of carbonyl (C=O) groups excluding carboxylic acids is 1. The molecule has 1 amide bonds. The summed E-state index contributed by atoms with van der Waals surface area (Å²) in [4.78, 5) is 13.4. The van der Waals surface area contributed by atoms with Gasteiger partial charge >= 0.3 is 0 Å². The highest BCUT2D eigenvalue weighted by Crippen LogP contribution is 2.60. The van der Waals surface area contributed by atoms with Gasteiger partial charge in [0.25, 0.3) is 0 Å². The summed E-state index contributed by atoms with van der Waals surface area (Å²) < 4.78 is 2.39. The monoisotopic (exact) mass is 430 g/mol. The Labute approximate surface area is 185 Å². The molecule has 1 aromatic heterocycles. The van der Waals surface area contributed by atoms with Crippen LogP contribution in [-0.4, -0.2) is 26.4 Å². The van der Waals surface area contributed by atoms with Gasteiger partial charge in [-0.1, -0.05) is 44.4 Å². The van der Waals surface area contributed by atoms with E-state index in [2.05, 4.69) is 27.0 Å². The average Bonchev–Trinajstić information content (AvgIpc) is 3.14. The highest BCUT2D eigenvalue weighted by molar-refractivity contribution is 7.99. The Hall–Kier alpha value is -1.04. The molecule has 0 radical (unpaired) electrons. The second-order valence-electron chi connectivity index (χ2n) is 10.6. The lowest BCUT2D eigenvalue weighted by molar-refractivity contribution is -0.146. The topological polar surface area (TPSA) is 59.8 Å². The number of hydrogen-bond acceptors (Lipinski definition) is 4. The molecule has 1 aromatic rings. The number of nitrogens with zero attached hydrogens (tertiary/aromatic N) is 3. The van der Waals surface area contributed by atoms with Gasteiger partial charge in [0, 0.05) is 17.2 Å². The molecule has 0 spiro atoms. The molecule has 5 aliphatic carbocycles. The van der Waals surface area contributed by atoms with Gasteiger partial charge in [-0.3, -0.25) is 4.79 Å². The largest absolute Gasteiger partial charge is 0.348 e. The predicted octanol–water partition coefficient (Wildman–Crippen LogP) is 5.51. The molecule has 5 nitrogen and oxygen atoms in total. The molecule has 166 valence electrons. The van der Waals surface area contributed by atoms with Crippen molar-refractivity contribution in [3.05, 3.63) is 5.82 Å². The first kappa shape index (κ1) is 20.8. The summed E-state index contributed by atoms with van der Waals surface area (Å²) in [6.45, 7) is 2.77. The van der Waals surface area contributed by atoms with E-state index in [1.54, 1.807) is 0 Å². The molecule has 30 heavy (non-hydrogen) atoms. The average molecular weight is 431 g/mol. The maximum Gasteiger partial charge on any atom is 0.226 e. The van der Waals surface area contributed by atoms with Crippen LogP contribution in [-0.2, 0) is 11.3 Å². The fourth-order valence-corrected chi connectivity index (χ4v) is 8.38. The number of thioether (sulfide) groups is 1. The Morgan fingerprint density at radius 3 is 2.37 bits per heavy atom. The van der Waals surface area contributed by atoms with Gasteiger partial charge in [-0.05, 0) is 75.5 Å². The van der Waals surface area contributed by atoms with Crippen LogP contribution in [0.25, 0.3) is 0 Å². The highest BCUT2D eigenvalue weighted by atomic mass is 32.2. The Kier molecular flexibility index (Phi) is 6.14. The van der Waals surface area contributed by atoms with Gasteiger partial charge in [0.15, 0.2) is 11.0 Å². The molecule has 1 heterocycles. The summed E-state index contributed by atoms with van der Waals surface area (Å²) in [7, 11) is 0. The van der Waals surface area contributed by atoms with Crippen LogP contribution >= 0.6 is 11.8 Å². The molecule has 5 saturated carbocycles. The van der Waals surface area contributed by atoms with Crippen molar-refractivity contribution in [1.82, 2.24) is 20.1 Å². The van der Waals surface area contributed by atoms with Crippen molar-refractivity contribution < 1.29 is 4.79 Å². The summed E-state index contributed by atoms with van der Waals surface area (Å²) in [5, 5.41) is 13.5. The standard InChI is InChI=1S/C24H38N4OS/c1-2-3-9-30-23-27-26-21(28(23)20-7-5-4-6-8-20)16-25-22(29)24-13-17-10-18(14-24)12-19(11-17)15-24/h17-20H,2-16H2,1H3,(H,25,29). The lowest BCUT2D eigenvalue weighted by Gasteiger charge is -2.55. The van der Waals surface area contributed by atoms with Gasteiger partial charge in [-0.25, -0.2) is 0 Å². The lowest BCUT2D eigenvalue weighted by atomic mass is 9.49. The normalized spacial score (nSPS) is 33.2.